The predicted octanol–water partition coefficient (Wildman–Crippen LogP) is 0.661. The van der Waals surface area contributed by atoms with Crippen LogP contribution < -0.4 is 10.1 Å². The molecule has 18 heavy (non-hydrogen) atoms. The Hall–Kier alpha value is -2.15. The van der Waals surface area contributed by atoms with Gasteiger partial charge >= 0.3 is 0 Å². The van der Waals surface area contributed by atoms with Gasteiger partial charge in [0.2, 0.25) is 12.1 Å². The monoisotopic (exact) mass is 254 g/mol. The fourth-order valence-corrected chi connectivity index (χ4v) is 1.26. The van der Waals surface area contributed by atoms with Gasteiger partial charge in [-0.3, -0.25) is 14.9 Å². The van der Waals surface area contributed by atoms with Gasteiger partial charge in [0.15, 0.2) is 0 Å². The third-order valence-electron chi connectivity index (χ3n) is 2.27. The molecule has 1 aromatic carbocycles. The first-order chi connectivity index (χ1) is 8.35. The van der Waals surface area contributed by atoms with Crippen LogP contribution in [0.3, 0.4) is 0 Å². The largest absolute Gasteiger partial charge is 0.497 e. The molecule has 1 atom stereocenters. The lowest BCUT2D eigenvalue weighted by molar-refractivity contribution is -0.495. The van der Waals surface area contributed by atoms with E-state index in [1.165, 1.54) is 7.11 Å². The highest BCUT2D eigenvalue weighted by Gasteiger charge is 2.36. The number of nitro groups is 1. The molecule has 0 spiro atoms. The van der Waals surface area contributed by atoms with Gasteiger partial charge in [-0.25, -0.2) is 0 Å². The van der Waals surface area contributed by atoms with Gasteiger partial charge in [-0.2, -0.15) is 0 Å². The van der Waals surface area contributed by atoms with Gasteiger partial charge in [0, 0.05) is 10.6 Å². The van der Waals surface area contributed by atoms with Crippen molar-refractivity contribution in [3.05, 3.63) is 34.4 Å². The van der Waals surface area contributed by atoms with E-state index in [1.807, 2.05) is 0 Å². The van der Waals surface area contributed by atoms with Gasteiger partial charge in [0.1, 0.15) is 5.75 Å². The predicted molar refractivity (Wildman–Crippen MR) is 64.1 cm³/mol. The molecule has 0 aliphatic carbocycles. The number of anilines is 1. The number of nitrogens with zero attached hydrogens (tertiary/aromatic N) is 1. The molecule has 0 aliphatic rings. The Morgan fingerprint density at radius 1 is 1.50 bits per heavy atom. The third kappa shape index (κ3) is 3.70. The zero-order valence-electron chi connectivity index (χ0n) is 10.0. The van der Waals surface area contributed by atoms with Crippen LogP contribution in [0.5, 0.6) is 5.75 Å². The van der Waals surface area contributed by atoms with E-state index in [2.05, 4.69) is 5.32 Å². The van der Waals surface area contributed by atoms with Crippen LogP contribution >= 0.6 is 0 Å². The standard InChI is InChI=1S/C11H14N2O5/c1-11(15,7-13(16)17)10(14)12-8-3-5-9(18-2)6-4-8/h3-6,15H,7H2,1-2H3,(H,12,14). The summed E-state index contributed by atoms with van der Waals surface area (Å²) in [6.07, 6.45) is 0. The number of carbonyl (C=O) groups is 1. The van der Waals surface area contributed by atoms with E-state index in [0.29, 0.717) is 11.4 Å². The zero-order chi connectivity index (χ0) is 13.8. The Balaban J connectivity index is 2.71. The SMILES string of the molecule is COc1ccc(NC(=O)C(C)(O)C[N+](=O)[O-])cc1. The molecule has 1 unspecified atom stereocenters. The van der Waals surface area contributed by atoms with Crippen molar-refractivity contribution in [3.8, 4) is 5.75 Å². The maximum atomic E-state index is 11.6. The zero-order valence-corrected chi connectivity index (χ0v) is 10.0. The van der Waals surface area contributed by atoms with Gasteiger partial charge in [0.25, 0.3) is 5.91 Å². The summed E-state index contributed by atoms with van der Waals surface area (Å²) < 4.78 is 4.94. The minimum atomic E-state index is -2.05. The van der Waals surface area contributed by atoms with Crippen LogP contribution in [0, 0.1) is 10.1 Å². The van der Waals surface area contributed by atoms with Crippen LogP contribution in [0.2, 0.25) is 0 Å². The Morgan fingerprint density at radius 3 is 2.50 bits per heavy atom. The van der Waals surface area contributed by atoms with E-state index in [-0.39, 0.29) is 0 Å². The molecule has 0 bridgehead atoms. The molecule has 0 radical (unpaired) electrons. The molecule has 7 nitrogen and oxygen atoms in total. The number of ether oxygens (including phenoxy) is 1. The normalized spacial score (nSPS) is 13.5. The number of nitrogens with one attached hydrogen (secondary N) is 1. The second-order valence-electron chi connectivity index (χ2n) is 3.95. The summed E-state index contributed by atoms with van der Waals surface area (Å²) in [7, 11) is 1.51. The van der Waals surface area contributed by atoms with Crippen molar-refractivity contribution in [1.82, 2.24) is 0 Å². The summed E-state index contributed by atoms with van der Waals surface area (Å²) in [6, 6.07) is 6.38. The lowest BCUT2D eigenvalue weighted by Crippen LogP contribution is -2.45. The van der Waals surface area contributed by atoms with E-state index in [1.54, 1.807) is 24.3 Å². The summed E-state index contributed by atoms with van der Waals surface area (Å²) in [5.41, 5.74) is -1.63. The van der Waals surface area contributed by atoms with E-state index in [9.17, 15) is 20.0 Å². The van der Waals surface area contributed by atoms with Crippen molar-refractivity contribution in [1.29, 1.82) is 0 Å². The van der Waals surface area contributed by atoms with Gasteiger partial charge in [0.05, 0.1) is 7.11 Å². The molecule has 0 heterocycles. The number of aliphatic hydroxyl groups is 1. The number of hydrogen-bond donors (Lipinski definition) is 2. The fourth-order valence-electron chi connectivity index (χ4n) is 1.26. The number of rotatable bonds is 5. The number of methoxy groups -OCH3 is 1. The maximum absolute atomic E-state index is 11.6. The summed E-state index contributed by atoms with van der Waals surface area (Å²) in [5.74, 6) is -0.214. The van der Waals surface area contributed by atoms with E-state index in [4.69, 9.17) is 4.74 Å². The summed E-state index contributed by atoms with van der Waals surface area (Å²) in [4.78, 5) is 21.2. The van der Waals surface area contributed by atoms with Crippen molar-refractivity contribution in [2.24, 2.45) is 0 Å². The molecule has 7 heteroatoms. The second-order valence-corrected chi connectivity index (χ2v) is 3.95. The van der Waals surface area contributed by atoms with Gasteiger partial charge in [-0.1, -0.05) is 0 Å². The van der Waals surface area contributed by atoms with Crippen LogP contribution in [0.15, 0.2) is 24.3 Å². The minimum absolute atomic E-state index is 0.421. The number of hydrogen-bond acceptors (Lipinski definition) is 5. The molecule has 0 saturated carbocycles. The third-order valence-corrected chi connectivity index (χ3v) is 2.27. The molecule has 1 amide bonds. The van der Waals surface area contributed by atoms with Crippen molar-refractivity contribution in [2.45, 2.75) is 12.5 Å². The van der Waals surface area contributed by atoms with Gasteiger partial charge in [-0.05, 0) is 31.2 Å². The molecule has 1 aromatic rings. The van der Waals surface area contributed by atoms with Crippen molar-refractivity contribution in [3.63, 3.8) is 0 Å². The smallest absolute Gasteiger partial charge is 0.262 e. The number of amides is 1. The highest BCUT2D eigenvalue weighted by Crippen LogP contribution is 2.16. The van der Waals surface area contributed by atoms with E-state index < -0.39 is 23.0 Å². The van der Waals surface area contributed by atoms with Crippen LogP contribution in [-0.2, 0) is 4.79 Å². The van der Waals surface area contributed by atoms with Crippen LogP contribution in [0.4, 0.5) is 5.69 Å². The minimum Gasteiger partial charge on any atom is -0.497 e. The topological polar surface area (TPSA) is 102 Å². The highest BCUT2D eigenvalue weighted by molar-refractivity contribution is 5.96. The lowest BCUT2D eigenvalue weighted by Gasteiger charge is -2.17. The molecule has 2 N–H and O–H groups in total. The molecule has 0 aromatic heterocycles. The van der Waals surface area contributed by atoms with Crippen LogP contribution in [0.25, 0.3) is 0 Å². The summed E-state index contributed by atoms with van der Waals surface area (Å²) >= 11 is 0. The van der Waals surface area contributed by atoms with Gasteiger partial charge < -0.3 is 15.2 Å². The molecular weight excluding hydrogens is 240 g/mol. The molecular formula is C11H14N2O5. The van der Waals surface area contributed by atoms with E-state index >= 15 is 0 Å². The van der Waals surface area contributed by atoms with E-state index in [0.717, 1.165) is 6.92 Å². The Kier molecular flexibility index (Phi) is 4.22. The van der Waals surface area contributed by atoms with Crippen LogP contribution in [0.1, 0.15) is 6.92 Å². The Labute approximate surface area is 104 Å². The average molecular weight is 254 g/mol. The first-order valence-corrected chi connectivity index (χ1v) is 5.15. The number of carbonyl (C=O) groups excluding carboxylic acids is 1. The lowest BCUT2D eigenvalue weighted by atomic mass is 10.1. The Bertz CT molecular complexity index is 441. The average Bonchev–Trinajstić information content (AvgIpc) is 2.28. The molecule has 98 valence electrons. The molecule has 0 aliphatic heterocycles. The molecule has 0 fully saturated rings. The first-order valence-electron chi connectivity index (χ1n) is 5.15. The van der Waals surface area contributed by atoms with Crippen molar-refractivity contribution >= 4 is 11.6 Å². The highest BCUT2D eigenvalue weighted by atomic mass is 16.6. The summed E-state index contributed by atoms with van der Waals surface area (Å²) in [5, 5.41) is 22.3. The molecule has 1 rings (SSSR count). The fraction of sp³-hybridized carbons (Fsp3) is 0.364. The summed E-state index contributed by atoms with van der Waals surface area (Å²) in [6.45, 7) is 0.240. The number of benzene rings is 1. The molecule has 0 saturated heterocycles. The maximum Gasteiger partial charge on any atom is 0.262 e. The second kappa shape index (κ2) is 5.46. The Morgan fingerprint density at radius 2 is 2.06 bits per heavy atom. The van der Waals surface area contributed by atoms with Crippen molar-refractivity contribution in [2.75, 3.05) is 19.0 Å². The first kappa shape index (κ1) is 13.9. The van der Waals surface area contributed by atoms with Crippen LogP contribution in [-0.4, -0.2) is 35.2 Å². The quantitative estimate of drug-likeness (QED) is 0.593. The van der Waals surface area contributed by atoms with Gasteiger partial charge in [-0.15, -0.1) is 0 Å². The van der Waals surface area contributed by atoms with Crippen molar-refractivity contribution < 1.29 is 19.6 Å².